The summed E-state index contributed by atoms with van der Waals surface area (Å²) in [7, 11) is 0. The van der Waals surface area contributed by atoms with Gasteiger partial charge < -0.3 is 0 Å². The first kappa shape index (κ1) is 12.6. The second-order valence-corrected chi connectivity index (χ2v) is 4.34. The van der Waals surface area contributed by atoms with E-state index >= 15 is 0 Å². The van der Waals surface area contributed by atoms with Gasteiger partial charge in [-0.15, -0.1) is 0 Å². The topological polar surface area (TPSA) is 17.1 Å². The first-order chi connectivity index (χ1) is 8.83. The highest BCUT2D eigenvalue weighted by atomic mass is 16.1. The molecule has 18 heavy (non-hydrogen) atoms. The molecule has 2 aromatic rings. The summed E-state index contributed by atoms with van der Waals surface area (Å²) < 4.78 is 0. The average Bonchev–Trinajstić information content (AvgIpc) is 2.46. The van der Waals surface area contributed by atoms with Crippen LogP contribution in [0.5, 0.6) is 0 Å². The Hall–Kier alpha value is -1.89. The van der Waals surface area contributed by atoms with Crippen LogP contribution in [-0.4, -0.2) is 5.78 Å². The first-order valence-corrected chi connectivity index (χ1v) is 6.25. The lowest BCUT2D eigenvalue weighted by atomic mass is 9.87. The number of rotatable bonds is 5. The molecule has 91 valence electrons. The minimum absolute atomic E-state index is 0.0707. The van der Waals surface area contributed by atoms with Crippen molar-refractivity contribution in [2.45, 2.75) is 19.3 Å². The van der Waals surface area contributed by atoms with Gasteiger partial charge in [-0.3, -0.25) is 4.79 Å². The SMILES string of the molecule is C[CH]CC(C(=O)c1ccccc1)c1ccccc1. The number of benzene rings is 2. The third kappa shape index (κ3) is 2.86. The smallest absolute Gasteiger partial charge is 0.170 e. The Morgan fingerprint density at radius 2 is 1.56 bits per heavy atom. The zero-order valence-electron chi connectivity index (χ0n) is 10.5. The maximum atomic E-state index is 12.5. The maximum absolute atomic E-state index is 12.5. The Balaban J connectivity index is 2.29. The number of carbonyl (C=O) groups excluding carboxylic acids is 1. The van der Waals surface area contributed by atoms with Crippen LogP contribution in [0, 0.1) is 6.42 Å². The summed E-state index contributed by atoms with van der Waals surface area (Å²) in [5.41, 5.74) is 1.87. The summed E-state index contributed by atoms with van der Waals surface area (Å²) in [6.07, 6.45) is 2.83. The largest absolute Gasteiger partial charge is 0.293 e. The van der Waals surface area contributed by atoms with Gasteiger partial charge >= 0.3 is 0 Å². The Morgan fingerprint density at radius 3 is 2.11 bits per heavy atom. The maximum Gasteiger partial charge on any atom is 0.170 e. The molecule has 0 amide bonds. The quantitative estimate of drug-likeness (QED) is 0.710. The van der Waals surface area contributed by atoms with E-state index in [1.165, 1.54) is 0 Å². The highest BCUT2D eigenvalue weighted by molar-refractivity contribution is 6.01. The van der Waals surface area contributed by atoms with Gasteiger partial charge in [-0.25, -0.2) is 0 Å². The molecule has 0 saturated carbocycles. The molecule has 0 aliphatic heterocycles. The van der Waals surface area contributed by atoms with Crippen LogP contribution in [0.25, 0.3) is 0 Å². The van der Waals surface area contributed by atoms with Crippen molar-refractivity contribution in [3.63, 3.8) is 0 Å². The van der Waals surface area contributed by atoms with E-state index in [1.807, 2.05) is 67.6 Å². The second-order valence-electron chi connectivity index (χ2n) is 4.34. The highest BCUT2D eigenvalue weighted by Crippen LogP contribution is 2.25. The predicted octanol–water partition coefficient (Wildman–Crippen LogP) is 4.27. The molecular formula is C17H17O. The van der Waals surface area contributed by atoms with Gasteiger partial charge in [-0.1, -0.05) is 67.6 Å². The van der Waals surface area contributed by atoms with Gasteiger partial charge in [0.25, 0.3) is 0 Å². The number of hydrogen-bond donors (Lipinski definition) is 0. The summed E-state index contributed by atoms with van der Waals surface area (Å²) in [5, 5.41) is 0. The second kappa shape index (κ2) is 6.15. The molecule has 0 heterocycles. The van der Waals surface area contributed by atoms with Crippen molar-refractivity contribution in [2.75, 3.05) is 0 Å². The number of ketones is 1. The Kier molecular flexibility index (Phi) is 4.30. The molecular weight excluding hydrogens is 220 g/mol. The van der Waals surface area contributed by atoms with E-state index < -0.39 is 0 Å². The van der Waals surface area contributed by atoms with Crippen LogP contribution in [0.1, 0.15) is 35.2 Å². The summed E-state index contributed by atoms with van der Waals surface area (Å²) in [4.78, 5) is 12.5. The summed E-state index contributed by atoms with van der Waals surface area (Å²) in [5.74, 6) is 0.124. The van der Waals surface area contributed by atoms with Gasteiger partial charge in [0.05, 0.1) is 0 Å². The van der Waals surface area contributed by atoms with E-state index in [1.54, 1.807) is 0 Å². The van der Waals surface area contributed by atoms with Gasteiger partial charge in [0.15, 0.2) is 5.78 Å². The van der Waals surface area contributed by atoms with E-state index in [9.17, 15) is 4.79 Å². The molecule has 0 aliphatic carbocycles. The Labute approximate surface area is 108 Å². The van der Waals surface area contributed by atoms with Crippen LogP contribution < -0.4 is 0 Å². The molecule has 0 fully saturated rings. The van der Waals surface area contributed by atoms with Crippen molar-refractivity contribution < 1.29 is 4.79 Å². The lowest BCUT2D eigenvalue weighted by molar-refractivity contribution is 0.0958. The van der Waals surface area contributed by atoms with Crippen molar-refractivity contribution in [2.24, 2.45) is 0 Å². The fourth-order valence-electron chi connectivity index (χ4n) is 2.12. The van der Waals surface area contributed by atoms with Gasteiger partial charge in [-0.2, -0.15) is 0 Å². The average molecular weight is 237 g/mol. The molecule has 1 unspecified atom stereocenters. The lowest BCUT2D eigenvalue weighted by Crippen LogP contribution is -2.13. The van der Waals surface area contributed by atoms with Crippen molar-refractivity contribution in [1.82, 2.24) is 0 Å². The monoisotopic (exact) mass is 237 g/mol. The molecule has 0 bridgehead atoms. The molecule has 2 aromatic carbocycles. The van der Waals surface area contributed by atoms with Crippen molar-refractivity contribution in [1.29, 1.82) is 0 Å². The lowest BCUT2D eigenvalue weighted by Gasteiger charge is -2.15. The molecule has 2 rings (SSSR count). The molecule has 0 aromatic heterocycles. The molecule has 1 nitrogen and oxygen atoms in total. The summed E-state index contributed by atoms with van der Waals surface area (Å²) in [6, 6.07) is 19.5. The van der Waals surface area contributed by atoms with Gasteiger partial charge in [0.2, 0.25) is 0 Å². The standard InChI is InChI=1S/C17H17O/c1-2-9-16(14-10-5-3-6-11-14)17(18)15-12-7-4-8-13-15/h2-8,10-13,16H,9H2,1H3. The van der Waals surface area contributed by atoms with Crippen LogP contribution in [-0.2, 0) is 0 Å². The van der Waals surface area contributed by atoms with E-state index in [0.29, 0.717) is 0 Å². The van der Waals surface area contributed by atoms with Crippen LogP contribution in [0.4, 0.5) is 0 Å². The molecule has 0 spiro atoms. The van der Waals surface area contributed by atoms with Crippen LogP contribution >= 0.6 is 0 Å². The third-order valence-electron chi connectivity index (χ3n) is 3.05. The fourth-order valence-corrected chi connectivity index (χ4v) is 2.12. The van der Waals surface area contributed by atoms with Crippen molar-refractivity contribution >= 4 is 5.78 Å². The molecule has 1 atom stereocenters. The van der Waals surface area contributed by atoms with Gasteiger partial charge in [0, 0.05) is 11.5 Å². The Bertz CT molecular complexity index is 488. The highest BCUT2D eigenvalue weighted by Gasteiger charge is 2.20. The van der Waals surface area contributed by atoms with Gasteiger partial charge in [-0.05, 0) is 18.4 Å². The first-order valence-electron chi connectivity index (χ1n) is 6.25. The van der Waals surface area contributed by atoms with E-state index in [4.69, 9.17) is 0 Å². The summed E-state index contributed by atoms with van der Waals surface area (Å²) >= 11 is 0. The summed E-state index contributed by atoms with van der Waals surface area (Å²) in [6.45, 7) is 1.99. The van der Waals surface area contributed by atoms with E-state index in [2.05, 4.69) is 6.42 Å². The van der Waals surface area contributed by atoms with Gasteiger partial charge in [0.1, 0.15) is 0 Å². The minimum atomic E-state index is -0.0707. The minimum Gasteiger partial charge on any atom is -0.293 e. The fraction of sp³-hybridized carbons (Fsp3) is 0.176. The van der Waals surface area contributed by atoms with Crippen LogP contribution in [0.2, 0.25) is 0 Å². The normalized spacial score (nSPS) is 12.1. The molecule has 0 aliphatic rings. The zero-order valence-corrected chi connectivity index (χ0v) is 10.5. The molecule has 1 radical (unpaired) electrons. The van der Waals surface area contributed by atoms with E-state index in [-0.39, 0.29) is 11.7 Å². The third-order valence-corrected chi connectivity index (χ3v) is 3.05. The number of carbonyl (C=O) groups is 1. The zero-order chi connectivity index (χ0) is 12.8. The number of hydrogen-bond acceptors (Lipinski definition) is 1. The van der Waals surface area contributed by atoms with Crippen molar-refractivity contribution in [3.05, 3.63) is 78.2 Å². The molecule has 0 N–H and O–H groups in total. The van der Waals surface area contributed by atoms with Crippen LogP contribution in [0.3, 0.4) is 0 Å². The molecule has 1 heteroatoms. The number of Topliss-reactive ketones (excluding diaryl/α,β-unsaturated/α-hetero) is 1. The Morgan fingerprint density at radius 1 is 1.00 bits per heavy atom. The predicted molar refractivity (Wildman–Crippen MR) is 74.5 cm³/mol. The molecule has 0 saturated heterocycles. The van der Waals surface area contributed by atoms with Crippen molar-refractivity contribution in [3.8, 4) is 0 Å². The van der Waals surface area contributed by atoms with E-state index in [0.717, 1.165) is 17.5 Å². The van der Waals surface area contributed by atoms with Crippen LogP contribution in [0.15, 0.2) is 60.7 Å².